The highest BCUT2D eigenvalue weighted by atomic mass is 16.2. The van der Waals surface area contributed by atoms with Crippen molar-refractivity contribution >= 4 is 5.91 Å². The number of hydrogen-bond donors (Lipinski definition) is 2. The highest BCUT2D eigenvalue weighted by molar-refractivity contribution is 5.91. The molecule has 0 saturated heterocycles. The Morgan fingerprint density at radius 1 is 1.29 bits per heavy atom. The smallest absolute Gasteiger partial charge is 0.273 e. The zero-order valence-corrected chi connectivity index (χ0v) is 11.1. The monoisotopic (exact) mass is 283 g/mol. The molecule has 8 nitrogen and oxygen atoms in total. The molecule has 2 N–H and O–H groups in total. The number of hydrogen-bond acceptors (Lipinski definition) is 5. The van der Waals surface area contributed by atoms with Crippen LogP contribution in [0.4, 0.5) is 0 Å². The van der Waals surface area contributed by atoms with Gasteiger partial charge in [-0.3, -0.25) is 9.89 Å². The normalized spacial score (nSPS) is 10.5. The molecule has 0 aliphatic carbocycles. The van der Waals surface area contributed by atoms with E-state index in [9.17, 15) is 4.79 Å². The van der Waals surface area contributed by atoms with Crippen LogP contribution >= 0.6 is 0 Å². The first-order chi connectivity index (χ1) is 10.3. The lowest BCUT2D eigenvalue weighted by molar-refractivity contribution is 0.0949. The third kappa shape index (κ3) is 3.11. The van der Waals surface area contributed by atoms with Gasteiger partial charge in [-0.2, -0.15) is 5.10 Å². The van der Waals surface area contributed by atoms with Crippen LogP contribution in [0.1, 0.15) is 16.3 Å². The zero-order valence-electron chi connectivity index (χ0n) is 11.1. The molecule has 3 rings (SSSR count). The number of nitrogens with zero attached hydrogens (tertiary/aromatic N) is 5. The van der Waals surface area contributed by atoms with E-state index in [0.29, 0.717) is 13.0 Å². The number of amides is 1. The highest BCUT2D eigenvalue weighted by Gasteiger charge is 2.11. The van der Waals surface area contributed by atoms with E-state index in [1.54, 1.807) is 10.9 Å². The van der Waals surface area contributed by atoms with Crippen molar-refractivity contribution in [3.8, 4) is 5.69 Å². The van der Waals surface area contributed by atoms with Gasteiger partial charge in [0.2, 0.25) is 0 Å². The molecule has 0 bridgehead atoms. The number of carbonyl (C=O) groups is 1. The minimum absolute atomic E-state index is 0.267. The summed E-state index contributed by atoms with van der Waals surface area (Å²) in [6, 6.07) is 9.49. The van der Waals surface area contributed by atoms with E-state index in [0.717, 1.165) is 11.5 Å². The fraction of sp³-hybridized carbons (Fsp3) is 0.154. The van der Waals surface area contributed by atoms with Crippen molar-refractivity contribution in [3.05, 3.63) is 54.4 Å². The quantitative estimate of drug-likeness (QED) is 0.704. The maximum Gasteiger partial charge on any atom is 0.273 e. The Labute approximate surface area is 120 Å². The van der Waals surface area contributed by atoms with Crippen LogP contribution in [-0.4, -0.2) is 42.6 Å². The Balaban J connectivity index is 1.59. The second kappa shape index (κ2) is 5.95. The Bertz CT molecular complexity index is 705. The van der Waals surface area contributed by atoms with E-state index in [-0.39, 0.29) is 11.6 Å². The van der Waals surface area contributed by atoms with Crippen LogP contribution in [0, 0.1) is 0 Å². The van der Waals surface area contributed by atoms with Crippen molar-refractivity contribution in [1.82, 2.24) is 35.5 Å². The molecule has 2 aromatic heterocycles. The molecule has 0 atom stereocenters. The summed E-state index contributed by atoms with van der Waals surface area (Å²) >= 11 is 0. The van der Waals surface area contributed by atoms with Crippen molar-refractivity contribution < 1.29 is 4.79 Å². The van der Waals surface area contributed by atoms with Gasteiger partial charge in [-0.05, 0) is 12.1 Å². The maximum atomic E-state index is 11.9. The summed E-state index contributed by atoms with van der Waals surface area (Å²) in [6.07, 6.45) is 3.61. The van der Waals surface area contributed by atoms with E-state index in [2.05, 4.69) is 30.8 Å². The minimum atomic E-state index is -0.267. The second-order valence-electron chi connectivity index (χ2n) is 4.32. The molecule has 0 unspecified atom stereocenters. The molecule has 2 heterocycles. The fourth-order valence-electron chi connectivity index (χ4n) is 1.81. The van der Waals surface area contributed by atoms with Gasteiger partial charge in [0.25, 0.3) is 5.91 Å². The number of para-hydroxylation sites is 1. The summed E-state index contributed by atoms with van der Waals surface area (Å²) in [6.45, 7) is 0.451. The first-order valence-electron chi connectivity index (χ1n) is 6.43. The molecule has 8 heteroatoms. The number of carbonyl (C=O) groups excluding carboxylic acids is 1. The number of aromatic nitrogens is 6. The maximum absolute atomic E-state index is 11.9. The van der Waals surface area contributed by atoms with Gasteiger partial charge in [-0.25, -0.2) is 9.67 Å². The van der Waals surface area contributed by atoms with Crippen LogP contribution in [0.15, 0.2) is 42.9 Å². The topological polar surface area (TPSA) is 101 Å². The third-order valence-corrected chi connectivity index (χ3v) is 2.86. The van der Waals surface area contributed by atoms with E-state index >= 15 is 0 Å². The van der Waals surface area contributed by atoms with Gasteiger partial charge in [0.15, 0.2) is 5.69 Å². The standard InChI is InChI=1S/C13H13N7O/c21-13(14-7-6-12-15-9-16-18-12)11-8-20(19-17-11)10-4-2-1-3-5-10/h1-5,8-9H,6-7H2,(H,14,21)(H,15,16,18). The third-order valence-electron chi connectivity index (χ3n) is 2.86. The predicted molar refractivity (Wildman–Crippen MR) is 73.8 cm³/mol. The lowest BCUT2D eigenvalue weighted by atomic mass is 10.3. The summed E-state index contributed by atoms with van der Waals surface area (Å²) in [5, 5.41) is 17.0. The average Bonchev–Trinajstić information content (AvgIpc) is 3.20. The van der Waals surface area contributed by atoms with Gasteiger partial charge in [-0.1, -0.05) is 23.4 Å². The molecule has 1 aromatic carbocycles. The van der Waals surface area contributed by atoms with Gasteiger partial charge in [0.05, 0.1) is 11.9 Å². The summed E-state index contributed by atoms with van der Waals surface area (Å²) in [5.41, 5.74) is 1.13. The number of H-pyrrole nitrogens is 1. The Morgan fingerprint density at radius 3 is 2.90 bits per heavy atom. The molecule has 0 fully saturated rings. The molecule has 0 aliphatic heterocycles. The van der Waals surface area contributed by atoms with Gasteiger partial charge >= 0.3 is 0 Å². The molecule has 0 saturated carbocycles. The molecule has 0 radical (unpaired) electrons. The average molecular weight is 283 g/mol. The van der Waals surface area contributed by atoms with E-state index in [1.165, 1.54) is 6.33 Å². The van der Waals surface area contributed by atoms with Crippen LogP contribution in [0.2, 0.25) is 0 Å². The van der Waals surface area contributed by atoms with Gasteiger partial charge in [-0.15, -0.1) is 5.10 Å². The minimum Gasteiger partial charge on any atom is -0.350 e. The van der Waals surface area contributed by atoms with Crippen LogP contribution in [0.3, 0.4) is 0 Å². The van der Waals surface area contributed by atoms with Gasteiger partial charge in [0, 0.05) is 13.0 Å². The number of benzene rings is 1. The van der Waals surface area contributed by atoms with Crippen LogP contribution in [-0.2, 0) is 6.42 Å². The molecule has 0 aliphatic rings. The van der Waals surface area contributed by atoms with Gasteiger partial charge < -0.3 is 5.32 Å². The molecule has 3 aromatic rings. The lowest BCUT2D eigenvalue weighted by Gasteiger charge is -2.00. The summed E-state index contributed by atoms with van der Waals surface area (Å²) < 4.78 is 1.56. The van der Waals surface area contributed by atoms with Crippen LogP contribution in [0.25, 0.3) is 5.69 Å². The highest BCUT2D eigenvalue weighted by Crippen LogP contribution is 2.05. The molecule has 0 spiro atoms. The number of nitrogens with one attached hydrogen (secondary N) is 2. The fourth-order valence-corrected chi connectivity index (χ4v) is 1.81. The summed E-state index contributed by atoms with van der Waals surface area (Å²) in [5.74, 6) is 0.458. The molecule has 1 amide bonds. The summed E-state index contributed by atoms with van der Waals surface area (Å²) in [7, 11) is 0. The zero-order chi connectivity index (χ0) is 14.5. The SMILES string of the molecule is O=C(NCCc1ncn[nH]1)c1cn(-c2ccccc2)nn1. The van der Waals surface area contributed by atoms with Crippen molar-refractivity contribution in [2.45, 2.75) is 6.42 Å². The largest absolute Gasteiger partial charge is 0.350 e. The Hall–Kier alpha value is -3.03. The number of rotatable bonds is 5. The van der Waals surface area contributed by atoms with Gasteiger partial charge in [0.1, 0.15) is 12.2 Å². The van der Waals surface area contributed by atoms with Crippen LogP contribution in [0.5, 0.6) is 0 Å². The van der Waals surface area contributed by atoms with Crippen molar-refractivity contribution in [3.63, 3.8) is 0 Å². The van der Waals surface area contributed by atoms with Crippen molar-refractivity contribution in [2.24, 2.45) is 0 Å². The molecule has 106 valence electrons. The van der Waals surface area contributed by atoms with Crippen LogP contribution < -0.4 is 5.32 Å². The summed E-state index contributed by atoms with van der Waals surface area (Å²) in [4.78, 5) is 15.9. The van der Waals surface area contributed by atoms with E-state index in [4.69, 9.17) is 0 Å². The molecular weight excluding hydrogens is 270 g/mol. The Morgan fingerprint density at radius 2 is 2.14 bits per heavy atom. The lowest BCUT2D eigenvalue weighted by Crippen LogP contribution is -2.26. The van der Waals surface area contributed by atoms with E-state index in [1.807, 2.05) is 30.3 Å². The van der Waals surface area contributed by atoms with E-state index < -0.39 is 0 Å². The first-order valence-corrected chi connectivity index (χ1v) is 6.43. The second-order valence-corrected chi connectivity index (χ2v) is 4.32. The van der Waals surface area contributed by atoms with Crippen molar-refractivity contribution in [2.75, 3.05) is 6.54 Å². The predicted octanol–water partition coefficient (Wildman–Crippen LogP) is 0.358. The molecule has 21 heavy (non-hydrogen) atoms. The molecular formula is C13H13N7O. The number of aromatic amines is 1. The Kier molecular flexibility index (Phi) is 3.68. The van der Waals surface area contributed by atoms with Crippen molar-refractivity contribution in [1.29, 1.82) is 0 Å². The first kappa shape index (κ1) is 13.0.